The summed E-state index contributed by atoms with van der Waals surface area (Å²) in [6.07, 6.45) is 0. The molecule has 0 aliphatic heterocycles. The molecule has 4 aromatic rings. The van der Waals surface area contributed by atoms with Gasteiger partial charge in [-0.2, -0.15) is 5.10 Å². The summed E-state index contributed by atoms with van der Waals surface area (Å²) in [5.41, 5.74) is 3.85. The lowest BCUT2D eigenvalue weighted by molar-refractivity contribution is 0.621. The Morgan fingerprint density at radius 1 is 1.04 bits per heavy atom. The second kappa shape index (κ2) is 6.46. The first kappa shape index (κ1) is 16.6. The van der Waals surface area contributed by atoms with E-state index in [2.05, 4.69) is 10.1 Å². The first-order chi connectivity index (χ1) is 12.5. The van der Waals surface area contributed by atoms with Gasteiger partial charge in [-0.15, -0.1) is 11.3 Å². The van der Waals surface area contributed by atoms with Crippen molar-refractivity contribution in [1.82, 2.24) is 14.8 Å². The Hall–Kier alpha value is -2.86. The maximum Gasteiger partial charge on any atom is 0.294 e. The summed E-state index contributed by atoms with van der Waals surface area (Å²) in [6.45, 7) is 4.18. The van der Waals surface area contributed by atoms with Gasteiger partial charge < -0.3 is 0 Å². The van der Waals surface area contributed by atoms with Crippen molar-refractivity contribution < 1.29 is 4.39 Å². The molecule has 26 heavy (non-hydrogen) atoms. The van der Waals surface area contributed by atoms with Gasteiger partial charge in [0.25, 0.3) is 5.56 Å². The van der Waals surface area contributed by atoms with Gasteiger partial charge in [0.05, 0.1) is 16.3 Å². The molecule has 4 rings (SSSR count). The summed E-state index contributed by atoms with van der Waals surface area (Å²) < 4.78 is 15.3. The molecule has 0 amide bonds. The molecular formula is C20H16FN3OS. The second-order valence-electron chi connectivity index (χ2n) is 6.21. The van der Waals surface area contributed by atoms with Gasteiger partial charge in [-0.1, -0.05) is 42.0 Å². The number of fused-ring (bicyclic) bond motifs is 1. The molecule has 130 valence electrons. The van der Waals surface area contributed by atoms with E-state index in [9.17, 15) is 9.18 Å². The number of hydrogen-bond donors (Lipinski definition) is 0. The standard InChI is InChI=1S/C20H16FN3OS/c1-12-3-7-15(8-4-12)17-19-18(22-13(2)26-19)20(25)24(23-17)11-14-5-9-16(21)10-6-14/h3-10H,11H2,1-2H3. The van der Waals surface area contributed by atoms with E-state index in [1.165, 1.54) is 28.2 Å². The molecule has 0 saturated carbocycles. The molecule has 2 aromatic carbocycles. The van der Waals surface area contributed by atoms with Crippen LogP contribution in [0.2, 0.25) is 0 Å². The van der Waals surface area contributed by atoms with E-state index in [4.69, 9.17) is 0 Å². The Bertz CT molecular complexity index is 1140. The van der Waals surface area contributed by atoms with Crippen molar-refractivity contribution in [3.8, 4) is 11.3 Å². The van der Waals surface area contributed by atoms with Crippen molar-refractivity contribution in [2.75, 3.05) is 0 Å². The fraction of sp³-hybridized carbons (Fsp3) is 0.150. The Balaban J connectivity index is 1.90. The van der Waals surface area contributed by atoms with Gasteiger partial charge in [-0.25, -0.2) is 14.1 Å². The van der Waals surface area contributed by atoms with E-state index >= 15 is 0 Å². The minimum Gasteiger partial charge on any atom is -0.265 e. The van der Waals surface area contributed by atoms with Crippen molar-refractivity contribution in [3.05, 3.63) is 80.8 Å². The van der Waals surface area contributed by atoms with Crippen LogP contribution in [-0.2, 0) is 6.54 Å². The molecule has 0 aliphatic carbocycles. The van der Waals surface area contributed by atoms with E-state index in [0.29, 0.717) is 5.52 Å². The molecule has 2 aromatic heterocycles. The molecule has 4 nitrogen and oxygen atoms in total. The van der Waals surface area contributed by atoms with Gasteiger partial charge in [-0.05, 0) is 31.5 Å². The van der Waals surface area contributed by atoms with Gasteiger partial charge >= 0.3 is 0 Å². The van der Waals surface area contributed by atoms with Gasteiger partial charge in [0.2, 0.25) is 0 Å². The van der Waals surface area contributed by atoms with Gasteiger partial charge in [-0.3, -0.25) is 4.79 Å². The van der Waals surface area contributed by atoms with Crippen LogP contribution >= 0.6 is 11.3 Å². The van der Waals surface area contributed by atoms with Crippen LogP contribution in [0.15, 0.2) is 53.3 Å². The van der Waals surface area contributed by atoms with Crippen molar-refractivity contribution in [3.63, 3.8) is 0 Å². The number of hydrogen-bond acceptors (Lipinski definition) is 4. The molecular weight excluding hydrogens is 349 g/mol. The summed E-state index contributed by atoms with van der Waals surface area (Å²) in [5.74, 6) is -0.306. The van der Waals surface area contributed by atoms with Crippen LogP contribution in [0.3, 0.4) is 0 Å². The minimum atomic E-state index is -0.306. The van der Waals surface area contributed by atoms with Crippen LogP contribution in [0.5, 0.6) is 0 Å². The Labute approximate surface area is 153 Å². The molecule has 0 N–H and O–H groups in total. The van der Waals surface area contributed by atoms with Crippen LogP contribution in [0, 0.1) is 19.7 Å². The van der Waals surface area contributed by atoms with Gasteiger partial charge in [0.1, 0.15) is 11.5 Å². The molecule has 0 saturated heterocycles. The van der Waals surface area contributed by atoms with Crippen molar-refractivity contribution >= 4 is 21.6 Å². The van der Waals surface area contributed by atoms with Crippen LogP contribution < -0.4 is 5.56 Å². The maximum absolute atomic E-state index is 13.1. The first-order valence-electron chi connectivity index (χ1n) is 8.21. The zero-order valence-electron chi connectivity index (χ0n) is 14.4. The largest absolute Gasteiger partial charge is 0.294 e. The maximum atomic E-state index is 13.1. The van der Waals surface area contributed by atoms with Crippen molar-refractivity contribution in [1.29, 1.82) is 0 Å². The van der Waals surface area contributed by atoms with E-state index < -0.39 is 0 Å². The average Bonchev–Trinajstić information content (AvgIpc) is 3.02. The Morgan fingerprint density at radius 2 is 1.73 bits per heavy atom. The quantitative estimate of drug-likeness (QED) is 0.543. The summed E-state index contributed by atoms with van der Waals surface area (Å²) in [4.78, 5) is 17.2. The van der Waals surface area contributed by atoms with E-state index in [1.807, 2.05) is 38.1 Å². The molecule has 0 bridgehead atoms. The van der Waals surface area contributed by atoms with Crippen LogP contribution in [0.1, 0.15) is 16.1 Å². The Kier molecular flexibility index (Phi) is 4.12. The summed E-state index contributed by atoms with van der Waals surface area (Å²) in [6, 6.07) is 14.1. The highest BCUT2D eigenvalue weighted by atomic mass is 32.1. The fourth-order valence-electron chi connectivity index (χ4n) is 2.84. The second-order valence-corrected chi connectivity index (χ2v) is 7.42. The normalized spacial score (nSPS) is 11.2. The molecule has 0 unspecified atom stereocenters. The number of aryl methyl sites for hydroxylation is 2. The predicted octanol–water partition coefficient (Wildman–Crippen LogP) is 4.32. The lowest BCUT2D eigenvalue weighted by Gasteiger charge is -2.09. The summed E-state index contributed by atoms with van der Waals surface area (Å²) in [5, 5.41) is 5.44. The molecule has 0 atom stereocenters. The van der Waals surface area contributed by atoms with Crippen molar-refractivity contribution in [2.45, 2.75) is 20.4 Å². The highest BCUT2D eigenvalue weighted by Crippen LogP contribution is 2.29. The minimum absolute atomic E-state index is 0.232. The van der Waals surface area contributed by atoms with E-state index in [0.717, 1.165) is 32.1 Å². The molecule has 0 spiro atoms. The SMILES string of the molecule is Cc1ccc(-c2nn(Cc3ccc(F)cc3)c(=O)c3nc(C)sc23)cc1. The molecule has 0 radical (unpaired) electrons. The van der Waals surface area contributed by atoms with Crippen LogP contribution in [0.25, 0.3) is 21.5 Å². The number of benzene rings is 2. The lowest BCUT2D eigenvalue weighted by Crippen LogP contribution is -2.24. The topological polar surface area (TPSA) is 47.8 Å². The number of nitrogens with zero attached hydrogens (tertiary/aromatic N) is 3. The highest BCUT2D eigenvalue weighted by Gasteiger charge is 2.16. The number of halogens is 1. The summed E-state index contributed by atoms with van der Waals surface area (Å²) in [7, 11) is 0. The highest BCUT2D eigenvalue weighted by molar-refractivity contribution is 7.19. The summed E-state index contributed by atoms with van der Waals surface area (Å²) >= 11 is 1.47. The van der Waals surface area contributed by atoms with E-state index in [-0.39, 0.29) is 17.9 Å². The third-order valence-corrected chi connectivity index (χ3v) is 5.16. The average molecular weight is 365 g/mol. The van der Waals surface area contributed by atoms with Crippen LogP contribution in [0.4, 0.5) is 4.39 Å². The number of thiazole rings is 1. The fourth-order valence-corrected chi connectivity index (χ4v) is 3.75. The molecule has 2 heterocycles. The van der Waals surface area contributed by atoms with Crippen molar-refractivity contribution in [2.24, 2.45) is 0 Å². The predicted molar refractivity (Wildman–Crippen MR) is 102 cm³/mol. The number of aromatic nitrogens is 3. The zero-order valence-corrected chi connectivity index (χ0v) is 15.2. The smallest absolute Gasteiger partial charge is 0.265 e. The van der Waals surface area contributed by atoms with E-state index in [1.54, 1.807) is 12.1 Å². The third-order valence-electron chi connectivity index (χ3n) is 4.18. The Morgan fingerprint density at radius 3 is 2.42 bits per heavy atom. The third kappa shape index (κ3) is 3.04. The van der Waals surface area contributed by atoms with Crippen LogP contribution in [-0.4, -0.2) is 14.8 Å². The zero-order chi connectivity index (χ0) is 18.3. The first-order valence-corrected chi connectivity index (χ1v) is 9.02. The van der Waals surface area contributed by atoms with Gasteiger partial charge in [0.15, 0.2) is 5.52 Å². The molecule has 0 aliphatic rings. The molecule has 0 fully saturated rings. The monoisotopic (exact) mass is 365 g/mol. The lowest BCUT2D eigenvalue weighted by atomic mass is 10.1. The number of rotatable bonds is 3. The molecule has 6 heteroatoms. The van der Waals surface area contributed by atoms with Gasteiger partial charge in [0, 0.05) is 5.56 Å².